The maximum atomic E-state index is 8.12. The lowest BCUT2D eigenvalue weighted by Gasteiger charge is -2.07. The zero-order valence-electron chi connectivity index (χ0n) is 19.3. The van der Waals surface area contributed by atoms with Crippen LogP contribution in [-0.2, 0) is 16.0 Å². The number of ether oxygens (including phenoxy) is 1. The summed E-state index contributed by atoms with van der Waals surface area (Å²) in [6.45, 7) is 5.26. The number of hydrogen-bond donors (Lipinski definition) is 0. The molecule has 31 heavy (non-hydrogen) atoms. The summed E-state index contributed by atoms with van der Waals surface area (Å²) in [5.74, 6) is 1.53. The van der Waals surface area contributed by atoms with E-state index >= 15 is 0 Å². The van der Waals surface area contributed by atoms with Crippen LogP contribution in [0.3, 0.4) is 0 Å². The van der Waals surface area contributed by atoms with Crippen LogP contribution in [0.1, 0.15) is 90.0 Å². The molecule has 5 heteroatoms. The minimum atomic E-state index is 0.250. The molecular weight excluding hydrogens is 388 g/mol. The Hall–Kier alpha value is -2.52. The Morgan fingerprint density at radius 1 is 0.742 bits per heavy atom. The molecule has 1 heterocycles. The van der Waals surface area contributed by atoms with Gasteiger partial charge in [0, 0.05) is 5.56 Å². The molecule has 0 bridgehead atoms. The highest BCUT2D eigenvalue weighted by Crippen LogP contribution is 2.19. The van der Waals surface area contributed by atoms with Crippen molar-refractivity contribution >= 4 is 6.15 Å². The molecule has 0 spiro atoms. The summed E-state index contributed by atoms with van der Waals surface area (Å²) in [5, 5.41) is 0. The summed E-state index contributed by atoms with van der Waals surface area (Å²) >= 11 is 0. The SMILES string of the molecule is CCCCCCCCOc1cnc(-c2ccc(CCCCCCC)cc2)nc1.O=C=O. The summed E-state index contributed by atoms with van der Waals surface area (Å²) in [4.78, 5) is 25.2. The number of aryl methyl sites for hydroxylation is 1. The molecule has 0 amide bonds. The van der Waals surface area contributed by atoms with Crippen molar-refractivity contribution < 1.29 is 14.3 Å². The molecule has 0 aliphatic carbocycles. The lowest BCUT2D eigenvalue weighted by atomic mass is 10.0. The van der Waals surface area contributed by atoms with Gasteiger partial charge in [0.15, 0.2) is 11.6 Å². The van der Waals surface area contributed by atoms with Crippen LogP contribution < -0.4 is 4.74 Å². The second-order valence-corrected chi connectivity index (χ2v) is 7.80. The third kappa shape index (κ3) is 12.7. The van der Waals surface area contributed by atoms with Gasteiger partial charge in [-0.05, 0) is 24.8 Å². The highest BCUT2D eigenvalue weighted by atomic mass is 16.5. The summed E-state index contributed by atoms with van der Waals surface area (Å²) in [5.41, 5.74) is 2.47. The van der Waals surface area contributed by atoms with Gasteiger partial charge in [-0.2, -0.15) is 9.59 Å². The van der Waals surface area contributed by atoms with Gasteiger partial charge in [-0.1, -0.05) is 95.9 Å². The van der Waals surface area contributed by atoms with Crippen LogP contribution in [0.5, 0.6) is 5.75 Å². The van der Waals surface area contributed by atoms with E-state index in [0.29, 0.717) is 0 Å². The van der Waals surface area contributed by atoms with Crippen LogP contribution in [0.25, 0.3) is 11.4 Å². The van der Waals surface area contributed by atoms with Gasteiger partial charge in [0.25, 0.3) is 0 Å². The van der Waals surface area contributed by atoms with Crippen molar-refractivity contribution in [2.75, 3.05) is 6.61 Å². The Kier molecular flexibility index (Phi) is 15.6. The Labute approximate surface area is 187 Å². The molecule has 1 aromatic heterocycles. The van der Waals surface area contributed by atoms with Crippen molar-refractivity contribution in [3.05, 3.63) is 42.2 Å². The van der Waals surface area contributed by atoms with Crippen molar-refractivity contribution in [3.63, 3.8) is 0 Å². The number of aromatic nitrogens is 2. The third-order valence-corrected chi connectivity index (χ3v) is 5.18. The van der Waals surface area contributed by atoms with Gasteiger partial charge < -0.3 is 4.74 Å². The minimum absolute atomic E-state index is 0.250. The van der Waals surface area contributed by atoms with Gasteiger partial charge >= 0.3 is 6.15 Å². The predicted octanol–water partition coefficient (Wildman–Crippen LogP) is 6.81. The Morgan fingerprint density at radius 2 is 1.26 bits per heavy atom. The lowest BCUT2D eigenvalue weighted by molar-refractivity contribution is -0.191. The molecule has 2 rings (SSSR count). The number of rotatable bonds is 15. The normalized spacial score (nSPS) is 10.1. The fourth-order valence-corrected chi connectivity index (χ4v) is 3.37. The molecule has 0 aliphatic heterocycles. The molecule has 0 saturated heterocycles. The third-order valence-electron chi connectivity index (χ3n) is 5.18. The van der Waals surface area contributed by atoms with E-state index in [2.05, 4.69) is 48.1 Å². The molecule has 0 atom stereocenters. The topological polar surface area (TPSA) is 69.2 Å². The molecule has 0 saturated carbocycles. The summed E-state index contributed by atoms with van der Waals surface area (Å²) in [6.07, 6.45) is 19.3. The van der Waals surface area contributed by atoms with Crippen molar-refractivity contribution in [1.82, 2.24) is 9.97 Å². The molecule has 170 valence electrons. The molecule has 0 aliphatic rings. The fraction of sp³-hybridized carbons (Fsp3) is 0.577. The summed E-state index contributed by atoms with van der Waals surface area (Å²) < 4.78 is 5.77. The molecule has 5 nitrogen and oxygen atoms in total. The van der Waals surface area contributed by atoms with Gasteiger partial charge in [-0.25, -0.2) is 9.97 Å². The van der Waals surface area contributed by atoms with E-state index in [0.717, 1.165) is 36.6 Å². The van der Waals surface area contributed by atoms with Gasteiger partial charge in [-0.15, -0.1) is 0 Å². The summed E-state index contributed by atoms with van der Waals surface area (Å²) in [6, 6.07) is 8.68. The van der Waals surface area contributed by atoms with Crippen LogP contribution in [0.15, 0.2) is 36.7 Å². The highest BCUT2D eigenvalue weighted by Gasteiger charge is 2.03. The van der Waals surface area contributed by atoms with E-state index in [1.807, 2.05) is 0 Å². The fourth-order valence-electron chi connectivity index (χ4n) is 3.37. The molecule has 2 aromatic rings. The maximum absolute atomic E-state index is 8.12. The Balaban J connectivity index is 0.00000151. The van der Waals surface area contributed by atoms with Gasteiger partial charge in [0.05, 0.1) is 19.0 Å². The van der Waals surface area contributed by atoms with E-state index in [9.17, 15) is 0 Å². The zero-order chi connectivity index (χ0) is 22.6. The number of hydrogen-bond acceptors (Lipinski definition) is 5. The number of benzene rings is 1. The molecule has 0 radical (unpaired) electrons. The largest absolute Gasteiger partial charge is 0.490 e. The van der Waals surface area contributed by atoms with Crippen LogP contribution in [0, 0.1) is 0 Å². The van der Waals surface area contributed by atoms with Gasteiger partial charge in [0.1, 0.15) is 0 Å². The standard InChI is InChI=1S/C25H38N2O.CO2/c1-3-5-7-9-11-13-19-28-24-20-26-25(27-21-24)23-17-15-22(16-18-23)14-12-10-8-6-4-2;2-1-3/h15-18,20-21H,3-14,19H2,1-2H3;. The first-order valence-corrected chi connectivity index (χ1v) is 11.8. The number of unbranched alkanes of at least 4 members (excludes halogenated alkanes) is 9. The Morgan fingerprint density at radius 3 is 1.84 bits per heavy atom. The molecule has 0 fully saturated rings. The average Bonchev–Trinajstić information content (AvgIpc) is 2.80. The second kappa shape index (κ2) is 18.3. The van der Waals surface area contributed by atoms with Crippen LogP contribution in [0.4, 0.5) is 0 Å². The highest BCUT2D eigenvalue weighted by molar-refractivity contribution is 5.55. The van der Waals surface area contributed by atoms with Crippen molar-refractivity contribution in [2.24, 2.45) is 0 Å². The molecular formula is C26H38N2O3. The monoisotopic (exact) mass is 426 g/mol. The second-order valence-electron chi connectivity index (χ2n) is 7.80. The molecule has 1 aromatic carbocycles. The van der Waals surface area contributed by atoms with Crippen molar-refractivity contribution in [2.45, 2.75) is 90.9 Å². The Bertz CT molecular complexity index is 708. The van der Waals surface area contributed by atoms with E-state index < -0.39 is 0 Å². The van der Waals surface area contributed by atoms with Gasteiger partial charge in [0.2, 0.25) is 0 Å². The van der Waals surface area contributed by atoms with E-state index in [4.69, 9.17) is 14.3 Å². The first-order chi connectivity index (χ1) is 15.2. The molecule has 0 unspecified atom stereocenters. The van der Waals surface area contributed by atoms with E-state index in [1.165, 1.54) is 69.8 Å². The first-order valence-electron chi connectivity index (χ1n) is 11.8. The van der Waals surface area contributed by atoms with Crippen LogP contribution in [0.2, 0.25) is 0 Å². The van der Waals surface area contributed by atoms with E-state index in [-0.39, 0.29) is 6.15 Å². The number of carbonyl (C=O) groups excluding carboxylic acids is 2. The van der Waals surface area contributed by atoms with E-state index in [1.54, 1.807) is 12.4 Å². The lowest BCUT2D eigenvalue weighted by Crippen LogP contribution is -1.99. The number of nitrogens with zero attached hydrogens (tertiary/aromatic N) is 2. The quantitative estimate of drug-likeness (QED) is 0.292. The van der Waals surface area contributed by atoms with Crippen LogP contribution in [-0.4, -0.2) is 22.7 Å². The minimum Gasteiger partial charge on any atom is -0.490 e. The van der Waals surface area contributed by atoms with Crippen molar-refractivity contribution in [1.29, 1.82) is 0 Å². The predicted molar refractivity (Wildman–Crippen MR) is 124 cm³/mol. The average molecular weight is 427 g/mol. The maximum Gasteiger partial charge on any atom is 0.373 e. The van der Waals surface area contributed by atoms with Gasteiger partial charge in [-0.3, -0.25) is 0 Å². The molecule has 0 N–H and O–H groups in total. The zero-order valence-corrected chi connectivity index (χ0v) is 19.3. The van der Waals surface area contributed by atoms with Crippen LogP contribution >= 0.6 is 0 Å². The van der Waals surface area contributed by atoms with Crippen molar-refractivity contribution in [3.8, 4) is 17.1 Å². The smallest absolute Gasteiger partial charge is 0.373 e. The first kappa shape index (κ1) is 26.5. The summed E-state index contributed by atoms with van der Waals surface area (Å²) in [7, 11) is 0.